The number of fused-ring (bicyclic) bond motifs is 13. The summed E-state index contributed by atoms with van der Waals surface area (Å²) in [5, 5.41) is 9.40. The molecule has 0 aromatic heterocycles. The third kappa shape index (κ3) is 15.2. The Labute approximate surface area is 525 Å². The van der Waals surface area contributed by atoms with Gasteiger partial charge in [-0.1, -0.05) is 211 Å². The molecule has 86 heavy (non-hydrogen) atoms. The van der Waals surface area contributed by atoms with Crippen LogP contribution >= 0.6 is 0 Å². The van der Waals surface area contributed by atoms with E-state index in [1.54, 1.807) is 6.08 Å². The molecular formula is C81H122O5. The summed E-state index contributed by atoms with van der Waals surface area (Å²) in [5.74, 6) is 6.32. The molecule has 0 amide bonds. The molecule has 14 atom stereocenters. The molecule has 0 aliphatic heterocycles. The summed E-state index contributed by atoms with van der Waals surface area (Å²) in [6.07, 6.45) is 71.2. The van der Waals surface area contributed by atoms with Crippen molar-refractivity contribution < 1.29 is 24.3 Å². The lowest BCUT2D eigenvalue weighted by atomic mass is 9.47. The number of aliphatic hydroxyl groups excluding tert-OH is 1. The summed E-state index contributed by atoms with van der Waals surface area (Å²) in [7, 11) is 0. The maximum Gasteiger partial charge on any atom is 0.178 e. The fourth-order valence-electron chi connectivity index (χ4n) is 20.2. The van der Waals surface area contributed by atoms with Gasteiger partial charge in [0.15, 0.2) is 23.1 Å². The van der Waals surface area contributed by atoms with E-state index in [0.717, 1.165) is 74.0 Å². The lowest BCUT2D eigenvalue weighted by molar-refractivity contribution is -0.117. The van der Waals surface area contributed by atoms with Crippen molar-refractivity contribution in [3.63, 3.8) is 0 Å². The quantitative estimate of drug-likeness (QED) is 0.211. The zero-order valence-electron chi connectivity index (χ0n) is 55.4. The molecule has 14 rings (SSSR count). The second-order valence-corrected chi connectivity index (χ2v) is 31.7. The molecule has 14 aliphatic carbocycles. The van der Waals surface area contributed by atoms with Crippen LogP contribution in [0.15, 0.2) is 107 Å². The number of unbranched alkanes of at least 4 members (excludes halogenated alkanes) is 6. The molecule has 6 unspecified atom stereocenters. The van der Waals surface area contributed by atoms with Crippen LogP contribution < -0.4 is 0 Å². The maximum atomic E-state index is 11.8. The zero-order chi connectivity index (χ0) is 60.7. The molecule has 0 spiro atoms. The summed E-state index contributed by atoms with van der Waals surface area (Å²) < 4.78 is 0. The van der Waals surface area contributed by atoms with Gasteiger partial charge in [-0.15, -0.1) is 0 Å². The molecule has 8 fully saturated rings. The minimum atomic E-state index is -0.328. The zero-order valence-corrected chi connectivity index (χ0v) is 55.4. The van der Waals surface area contributed by atoms with Crippen molar-refractivity contribution in [2.75, 3.05) is 0 Å². The van der Waals surface area contributed by atoms with Crippen LogP contribution in [0.1, 0.15) is 294 Å². The number of ketones is 4. The Kier molecular flexibility index (Phi) is 23.1. The standard InChI is InChI=1S/2C19H26O.2C11H16O.C11H14O.C9H20.CH4/c2*1-18-9-3-4-16(18)15-6-5-13-12-14(20)7-11-19(13,2)17(15)8-10-18;3*1-11-6-3-2-4-9(11)8-10(12)5-7-11;1-3-5-7-9-8-6-4-2;/h7,11-12,15-17H,3-6,8-10H2,1-2H3;3,9,12,15-17H,4-8,10-11H2,1-2H3;8H,2-7H2,1H3;5,7-8,10,12H,2-4,6H2,1H3;5,7-8H,2-4,6H2,1H3;3-9H2,1-2H3;1H4/t2*15?,16?,17?,18-,19-;11-;10-,11-;11-;;/m00000../s1. The Hall–Kier alpha value is -3.70. The highest BCUT2D eigenvalue weighted by molar-refractivity contribution is 6.01. The topological polar surface area (TPSA) is 88.5 Å². The first kappa shape index (κ1) is 68.2. The first-order chi connectivity index (χ1) is 40.6. The van der Waals surface area contributed by atoms with Crippen LogP contribution in [-0.2, 0) is 19.2 Å². The average molecular weight is 1180 g/mol. The Morgan fingerprint density at radius 2 is 1.02 bits per heavy atom. The van der Waals surface area contributed by atoms with Gasteiger partial charge in [0.2, 0.25) is 0 Å². The molecule has 8 saturated carbocycles. The van der Waals surface area contributed by atoms with Gasteiger partial charge in [-0.05, 0) is 235 Å². The molecule has 1 N–H and O–H groups in total. The maximum absolute atomic E-state index is 11.8. The van der Waals surface area contributed by atoms with Crippen molar-refractivity contribution in [1.82, 2.24) is 0 Å². The lowest BCUT2D eigenvalue weighted by Crippen LogP contribution is -2.49. The average Bonchev–Trinajstić information content (AvgIpc) is 1.28. The van der Waals surface area contributed by atoms with Gasteiger partial charge in [0, 0.05) is 29.1 Å². The molecule has 476 valence electrons. The van der Waals surface area contributed by atoms with E-state index in [0.29, 0.717) is 33.2 Å². The number of carbonyl (C=O) groups is 4. The van der Waals surface area contributed by atoms with E-state index in [9.17, 15) is 24.3 Å². The Balaban J connectivity index is 0.000000137. The van der Waals surface area contributed by atoms with Gasteiger partial charge >= 0.3 is 0 Å². The number of rotatable bonds is 6. The Morgan fingerprint density at radius 3 is 1.72 bits per heavy atom. The second kappa shape index (κ2) is 29.1. The fraction of sp³-hybridized carbons (Fsp3) is 0.728. The number of aliphatic hydroxyl groups is 1. The SMILES string of the molecule is C.CCCCCCCCC.C[C@@]12C=CCC1C1CCC3=CC(=O)CC[C@]3(C)C1CC2.C[C@@]12CCCC1C1CCC3=CC(=O)C=C[C@]3(C)C1CC2.C[C@@]12CCCCC1=CC(=O)CC2.C[C@]12C=CC(=O)C=C1CCCC2.C[C@]12C=C[C@H](O)C=C1CCCC2. The van der Waals surface area contributed by atoms with E-state index in [1.807, 2.05) is 42.5 Å². The van der Waals surface area contributed by atoms with E-state index in [4.69, 9.17) is 0 Å². The Morgan fingerprint density at radius 1 is 0.453 bits per heavy atom. The van der Waals surface area contributed by atoms with Gasteiger partial charge < -0.3 is 5.11 Å². The highest BCUT2D eigenvalue weighted by atomic mass is 16.3. The van der Waals surface area contributed by atoms with Crippen LogP contribution in [0.3, 0.4) is 0 Å². The highest BCUT2D eigenvalue weighted by Crippen LogP contribution is 2.66. The number of carbonyl (C=O) groups excluding carboxylic acids is 4. The molecule has 0 heterocycles. The largest absolute Gasteiger partial charge is 0.385 e. The summed E-state index contributed by atoms with van der Waals surface area (Å²) in [6.45, 7) is 21.3. The van der Waals surface area contributed by atoms with Gasteiger partial charge in [-0.25, -0.2) is 0 Å². The monoisotopic (exact) mass is 1170 g/mol. The highest BCUT2D eigenvalue weighted by Gasteiger charge is 2.57. The number of hydrogen-bond acceptors (Lipinski definition) is 5. The van der Waals surface area contributed by atoms with Gasteiger partial charge in [0.05, 0.1) is 6.10 Å². The van der Waals surface area contributed by atoms with Gasteiger partial charge in [0.1, 0.15) is 0 Å². The first-order valence-electron chi connectivity index (χ1n) is 35.7. The third-order valence-electron chi connectivity index (χ3n) is 26.0. The van der Waals surface area contributed by atoms with E-state index in [2.05, 4.69) is 92.7 Å². The van der Waals surface area contributed by atoms with Crippen LogP contribution in [0.2, 0.25) is 0 Å². The van der Waals surface area contributed by atoms with Gasteiger partial charge in [-0.3, -0.25) is 19.2 Å². The number of allylic oxidation sites excluding steroid dienone is 16. The summed E-state index contributed by atoms with van der Waals surface area (Å²) in [5.41, 5.74) is 9.65. The molecular weight excluding hydrogens is 1050 g/mol. The minimum absolute atomic E-state index is 0. The van der Waals surface area contributed by atoms with Gasteiger partial charge in [0.25, 0.3) is 0 Å². The lowest BCUT2D eigenvalue weighted by Gasteiger charge is -2.57. The molecule has 14 aliphatic rings. The van der Waals surface area contributed by atoms with Crippen LogP contribution in [-0.4, -0.2) is 34.3 Å². The molecule has 5 heteroatoms. The Bertz CT molecular complexity index is 2680. The summed E-state index contributed by atoms with van der Waals surface area (Å²) >= 11 is 0. The molecule has 0 aromatic carbocycles. The van der Waals surface area contributed by atoms with Crippen LogP contribution in [0.5, 0.6) is 0 Å². The van der Waals surface area contributed by atoms with Crippen molar-refractivity contribution in [3.05, 3.63) is 107 Å². The van der Waals surface area contributed by atoms with Crippen LogP contribution in [0.4, 0.5) is 0 Å². The molecule has 0 aromatic rings. The van der Waals surface area contributed by atoms with Crippen LogP contribution in [0.25, 0.3) is 0 Å². The fourth-order valence-corrected chi connectivity index (χ4v) is 20.2. The third-order valence-corrected chi connectivity index (χ3v) is 26.0. The van der Waals surface area contributed by atoms with Crippen molar-refractivity contribution in [2.24, 2.45) is 73.4 Å². The predicted octanol–water partition coefficient (Wildman–Crippen LogP) is 21.7. The van der Waals surface area contributed by atoms with E-state index in [1.165, 1.54) is 214 Å². The molecule has 0 saturated heterocycles. The van der Waals surface area contributed by atoms with Crippen molar-refractivity contribution >= 4 is 23.1 Å². The van der Waals surface area contributed by atoms with Crippen molar-refractivity contribution in [1.29, 1.82) is 0 Å². The molecule has 0 radical (unpaired) electrons. The van der Waals surface area contributed by atoms with E-state index >= 15 is 0 Å². The normalized spacial score (nSPS) is 39.8. The van der Waals surface area contributed by atoms with Crippen molar-refractivity contribution in [3.8, 4) is 0 Å². The first-order valence-corrected chi connectivity index (χ1v) is 35.7. The molecule has 5 nitrogen and oxygen atoms in total. The van der Waals surface area contributed by atoms with E-state index in [-0.39, 0.29) is 41.3 Å². The van der Waals surface area contributed by atoms with Crippen LogP contribution in [0, 0.1) is 73.4 Å². The van der Waals surface area contributed by atoms with Gasteiger partial charge in [-0.2, -0.15) is 0 Å². The summed E-state index contributed by atoms with van der Waals surface area (Å²) in [6, 6.07) is 0. The van der Waals surface area contributed by atoms with Crippen molar-refractivity contribution in [2.45, 2.75) is 301 Å². The number of hydrogen-bond donors (Lipinski definition) is 1. The summed E-state index contributed by atoms with van der Waals surface area (Å²) in [4.78, 5) is 45.7. The minimum Gasteiger partial charge on any atom is -0.385 e. The predicted molar refractivity (Wildman–Crippen MR) is 360 cm³/mol. The second-order valence-electron chi connectivity index (χ2n) is 31.7. The molecule has 0 bridgehead atoms. The van der Waals surface area contributed by atoms with E-state index < -0.39 is 0 Å². The smallest absolute Gasteiger partial charge is 0.178 e.